The normalized spacial score (nSPS) is 10.0. The van der Waals surface area contributed by atoms with Gasteiger partial charge in [-0.15, -0.1) is 0 Å². The third kappa shape index (κ3) is 3.44. The number of nitrogens with two attached hydrogens (primary N) is 1. The van der Waals surface area contributed by atoms with Gasteiger partial charge in [0, 0.05) is 6.54 Å². The minimum absolute atomic E-state index is 0.703. The van der Waals surface area contributed by atoms with Gasteiger partial charge in [-0.25, -0.2) is 0 Å². The Morgan fingerprint density at radius 2 is 2.15 bits per heavy atom. The van der Waals surface area contributed by atoms with Gasteiger partial charge < -0.3 is 4.74 Å². The largest absolute Gasteiger partial charge is 0.493 e. The van der Waals surface area contributed by atoms with Gasteiger partial charge in [0.1, 0.15) is 5.75 Å². The molecule has 0 fully saturated rings. The second-order valence-corrected chi connectivity index (χ2v) is 2.92. The van der Waals surface area contributed by atoms with E-state index in [1.807, 2.05) is 31.2 Å². The van der Waals surface area contributed by atoms with Crippen molar-refractivity contribution in [3.63, 3.8) is 0 Å². The molecule has 72 valence electrons. The summed E-state index contributed by atoms with van der Waals surface area (Å²) in [7, 11) is 0. The summed E-state index contributed by atoms with van der Waals surface area (Å²) in [5, 5.41) is 0. The van der Waals surface area contributed by atoms with E-state index in [0.29, 0.717) is 6.61 Å². The molecule has 1 aromatic carbocycles. The number of rotatable bonds is 5. The number of ether oxygens (including phenoxy) is 1. The van der Waals surface area contributed by atoms with Crippen molar-refractivity contribution in [2.24, 2.45) is 5.84 Å². The fourth-order valence-corrected chi connectivity index (χ4v) is 1.07. The molecule has 0 aliphatic heterocycles. The summed E-state index contributed by atoms with van der Waals surface area (Å²) in [5.74, 6) is 6.09. The smallest absolute Gasteiger partial charge is 0.122 e. The lowest BCUT2D eigenvalue weighted by molar-refractivity contribution is 0.306. The molecule has 3 heteroatoms. The second kappa shape index (κ2) is 5.56. The van der Waals surface area contributed by atoms with Crippen molar-refractivity contribution in [1.82, 2.24) is 5.43 Å². The van der Waals surface area contributed by atoms with E-state index in [1.165, 1.54) is 5.56 Å². The molecule has 0 aliphatic carbocycles. The van der Waals surface area contributed by atoms with Crippen molar-refractivity contribution in [3.8, 4) is 5.75 Å². The molecule has 0 saturated heterocycles. The summed E-state index contributed by atoms with van der Waals surface area (Å²) in [4.78, 5) is 0. The van der Waals surface area contributed by atoms with Gasteiger partial charge >= 0.3 is 0 Å². The zero-order valence-electron chi connectivity index (χ0n) is 7.92. The lowest BCUT2D eigenvalue weighted by Gasteiger charge is -2.07. The highest BCUT2D eigenvalue weighted by Crippen LogP contribution is 2.15. The first kappa shape index (κ1) is 10.0. The highest BCUT2D eigenvalue weighted by molar-refractivity contribution is 5.31. The molecule has 0 spiro atoms. The number of para-hydroxylation sites is 1. The summed E-state index contributed by atoms with van der Waals surface area (Å²) in [5.41, 5.74) is 3.76. The highest BCUT2D eigenvalue weighted by Gasteiger charge is 1.95. The molecule has 3 N–H and O–H groups in total. The van der Waals surface area contributed by atoms with Gasteiger partial charge in [-0.05, 0) is 25.0 Å². The maximum Gasteiger partial charge on any atom is 0.122 e. The summed E-state index contributed by atoms with van der Waals surface area (Å²) >= 11 is 0. The molecule has 0 heterocycles. The van der Waals surface area contributed by atoms with Crippen molar-refractivity contribution in [1.29, 1.82) is 0 Å². The van der Waals surface area contributed by atoms with E-state index in [4.69, 9.17) is 10.6 Å². The molecular weight excluding hydrogens is 164 g/mol. The standard InChI is InChI=1S/C10H16N2O/c1-9-5-2-3-6-10(9)13-8-4-7-12-11/h2-3,5-6,12H,4,7-8,11H2,1H3. The third-order valence-corrected chi connectivity index (χ3v) is 1.82. The highest BCUT2D eigenvalue weighted by atomic mass is 16.5. The third-order valence-electron chi connectivity index (χ3n) is 1.82. The van der Waals surface area contributed by atoms with Crippen LogP contribution in [-0.4, -0.2) is 13.2 Å². The van der Waals surface area contributed by atoms with Crippen LogP contribution in [0.4, 0.5) is 0 Å². The molecule has 1 rings (SSSR count). The van der Waals surface area contributed by atoms with Crippen LogP contribution in [0.5, 0.6) is 5.75 Å². The molecular formula is C10H16N2O. The van der Waals surface area contributed by atoms with Crippen molar-refractivity contribution < 1.29 is 4.74 Å². The van der Waals surface area contributed by atoms with E-state index >= 15 is 0 Å². The van der Waals surface area contributed by atoms with Crippen LogP contribution in [0.3, 0.4) is 0 Å². The zero-order valence-corrected chi connectivity index (χ0v) is 7.92. The fraction of sp³-hybridized carbons (Fsp3) is 0.400. The van der Waals surface area contributed by atoms with Crippen LogP contribution in [0.25, 0.3) is 0 Å². The second-order valence-electron chi connectivity index (χ2n) is 2.92. The molecule has 1 aromatic rings. The summed E-state index contributed by atoms with van der Waals surface area (Å²) in [6.45, 7) is 3.53. The fourth-order valence-electron chi connectivity index (χ4n) is 1.07. The molecule has 0 radical (unpaired) electrons. The van der Waals surface area contributed by atoms with E-state index < -0.39 is 0 Å². The van der Waals surface area contributed by atoms with Gasteiger partial charge in [0.15, 0.2) is 0 Å². The van der Waals surface area contributed by atoms with Gasteiger partial charge in [-0.3, -0.25) is 11.3 Å². The van der Waals surface area contributed by atoms with Crippen LogP contribution in [0.1, 0.15) is 12.0 Å². The van der Waals surface area contributed by atoms with Gasteiger partial charge in [0.25, 0.3) is 0 Å². The Morgan fingerprint density at radius 1 is 1.38 bits per heavy atom. The van der Waals surface area contributed by atoms with Crippen molar-refractivity contribution >= 4 is 0 Å². The monoisotopic (exact) mass is 180 g/mol. The maximum atomic E-state index is 5.54. The van der Waals surface area contributed by atoms with Gasteiger partial charge in [-0.1, -0.05) is 18.2 Å². The van der Waals surface area contributed by atoms with Crippen molar-refractivity contribution in [2.45, 2.75) is 13.3 Å². The Morgan fingerprint density at radius 3 is 2.85 bits per heavy atom. The average Bonchev–Trinajstić information content (AvgIpc) is 2.15. The van der Waals surface area contributed by atoms with Crippen LogP contribution < -0.4 is 16.0 Å². The Bertz CT molecular complexity index is 250. The molecule has 0 saturated carbocycles. The minimum Gasteiger partial charge on any atom is -0.493 e. The maximum absolute atomic E-state index is 5.54. The first-order valence-electron chi connectivity index (χ1n) is 4.46. The van der Waals surface area contributed by atoms with Crippen molar-refractivity contribution in [2.75, 3.05) is 13.2 Å². The number of hydrazine groups is 1. The lowest BCUT2D eigenvalue weighted by Crippen LogP contribution is -2.24. The minimum atomic E-state index is 0.703. The molecule has 0 bridgehead atoms. The Balaban J connectivity index is 2.32. The molecule has 0 atom stereocenters. The zero-order chi connectivity index (χ0) is 9.52. The van der Waals surface area contributed by atoms with Crippen LogP contribution >= 0.6 is 0 Å². The molecule has 0 unspecified atom stereocenters. The number of aryl methyl sites for hydroxylation is 1. The van der Waals surface area contributed by atoms with Crippen LogP contribution in [0.15, 0.2) is 24.3 Å². The predicted octanol–water partition coefficient (Wildman–Crippen LogP) is 1.23. The lowest BCUT2D eigenvalue weighted by atomic mass is 10.2. The number of benzene rings is 1. The van der Waals surface area contributed by atoms with Crippen molar-refractivity contribution in [3.05, 3.63) is 29.8 Å². The van der Waals surface area contributed by atoms with E-state index in [0.717, 1.165) is 18.7 Å². The Kier molecular flexibility index (Phi) is 4.29. The Labute approximate surface area is 78.9 Å². The van der Waals surface area contributed by atoms with Crippen LogP contribution in [-0.2, 0) is 0 Å². The molecule has 13 heavy (non-hydrogen) atoms. The van der Waals surface area contributed by atoms with Gasteiger partial charge in [0.05, 0.1) is 6.61 Å². The topological polar surface area (TPSA) is 47.3 Å². The summed E-state index contributed by atoms with van der Waals surface area (Å²) < 4.78 is 5.54. The van der Waals surface area contributed by atoms with Gasteiger partial charge in [0.2, 0.25) is 0 Å². The van der Waals surface area contributed by atoms with Crippen LogP contribution in [0, 0.1) is 6.92 Å². The molecule has 0 amide bonds. The van der Waals surface area contributed by atoms with E-state index in [2.05, 4.69) is 5.43 Å². The molecule has 3 nitrogen and oxygen atoms in total. The summed E-state index contributed by atoms with van der Waals surface area (Å²) in [6.07, 6.45) is 0.921. The Hall–Kier alpha value is -1.06. The number of hydrogen-bond acceptors (Lipinski definition) is 3. The SMILES string of the molecule is Cc1ccccc1OCCCNN. The molecule has 0 aliphatic rings. The van der Waals surface area contributed by atoms with E-state index in [-0.39, 0.29) is 0 Å². The van der Waals surface area contributed by atoms with Crippen LogP contribution in [0.2, 0.25) is 0 Å². The predicted molar refractivity (Wildman–Crippen MR) is 53.5 cm³/mol. The van der Waals surface area contributed by atoms with E-state index in [9.17, 15) is 0 Å². The number of hydrogen-bond donors (Lipinski definition) is 2. The van der Waals surface area contributed by atoms with E-state index in [1.54, 1.807) is 0 Å². The first-order chi connectivity index (χ1) is 6.34. The quantitative estimate of drug-likeness (QED) is 0.407. The number of nitrogens with one attached hydrogen (secondary N) is 1. The average molecular weight is 180 g/mol. The molecule has 0 aromatic heterocycles. The first-order valence-corrected chi connectivity index (χ1v) is 4.46. The van der Waals surface area contributed by atoms with Gasteiger partial charge in [-0.2, -0.15) is 0 Å². The summed E-state index contributed by atoms with van der Waals surface area (Å²) in [6, 6.07) is 7.99.